The standard InChI is InChI=1S/C16H24N4O/c1-16(2,12-17)8-3-9-20(11-15(19)21)10-13-4-6-14(18)7-5-13/h4-7H,3,8-11,18H2,1-2H3,(H2,19,21). The van der Waals surface area contributed by atoms with Crippen LogP contribution in [0.25, 0.3) is 0 Å². The molecule has 0 atom stereocenters. The first kappa shape index (κ1) is 17.0. The molecule has 0 radical (unpaired) electrons. The molecule has 0 saturated heterocycles. The maximum absolute atomic E-state index is 11.2. The molecule has 1 rings (SSSR count). The third-order valence-corrected chi connectivity index (χ3v) is 3.34. The van der Waals surface area contributed by atoms with Crippen LogP contribution in [0.4, 0.5) is 5.69 Å². The lowest BCUT2D eigenvalue weighted by atomic mass is 9.90. The van der Waals surface area contributed by atoms with Crippen LogP contribution in [0.3, 0.4) is 0 Å². The fraction of sp³-hybridized carbons (Fsp3) is 0.500. The largest absolute Gasteiger partial charge is 0.399 e. The van der Waals surface area contributed by atoms with Gasteiger partial charge in [0.05, 0.1) is 18.0 Å². The molecule has 0 fully saturated rings. The average Bonchev–Trinajstić information content (AvgIpc) is 2.40. The summed E-state index contributed by atoms with van der Waals surface area (Å²) in [4.78, 5) is 13.2. The fourth-order valence-electron chi connectivity index (χ4n) is 2.12. The Morgan fingerprint density at radius 3 is 2.48 bits per heavy atom. The van der Waals surface area contributed by atoms with E-state index in [9.17, 15) is 4.79 Å². The zero-order valence-electron chi connectivity index (χ0n) is 12.8. The van der Waals surface area contributed by atoms with Gasteiger partial charge in [-0.1, -0.05) is 12.1 Å². The highest BCUT2D eigenvalue weighted by molar-refractivity contribution is 5.75. The molecule has 1 aromatic rings. The van der Waals surface area contributed by atoms with Gasteiger partial charge in [0, 0.05) is 12.2 Å². The maximum atomic E-state index is 11.2. The summed E-state index contributed by atoms with van der Waals surface area (Å²) in [6, 6.07) is 9.87. The highest BCUT2D eigenvalue weighted by Crippen LogP contribution is 2.21. The fourth-order valence-corrected chi connectivity index (χ4v) is 2.12. The molecule has 0 aromatic heterocycles. The predicted molar refractivity (Wildman–Crippen MR) is 84.0 cm³/mol. The minimum atomic E-state index is -0.343. The van der Waals surface area contributed by atoms with Gasteiger partial charge in [-0.2, -0.15) is 5.26 Å². The van der Waals surface area contributed by atoms with Crippen LogP contribution in [-0.4, -0.2) is 23.9 Å². The van der Waals surface area contributed by atoms with Gasteiger partial charge in [0.1, 0.15) is 0 Å². The lowest BCUT2D eigenvalue weighted by Crippen LogP contribution is -2.34. The summed E-state index contributed by atoms with van der Waals surface area (Å²) in [5, 5.41) is 9.02. The van der Waals surface area contributed by atoms with Crippen molar-refractivity contribution in [1.82, 2.24) is 4.90 Å². The number of hydrogen-bond donors (Lipinski definition) is 2. The molecule has 21 heavy (non-hydrogen) atoms. The second-order valence-corrected chi connectivity index (χ2v) is 6.02. The van der Waals surface area contributed by atoms with Gasteiger partial charge < -0.3 is 11.5 Å². The predicted octanol–water partition coefficient (Wildman–Crippen LogP) is 1.89. The summed E-state index contributed by atoms with van der Waals surface area (Å²) >= 11 is 0. The average molecular weight is 288 g/mol. The lowest BCUT2D eigenvalue weighted by Gasteiger charge is -2.23. The minimum Gasteiger partial charge on any atom is -0.399 e. The zero-order chi connectivity index (χ0) is 15.9. The van der Waals surface area contributed by atoms with E-state index in [1.54, 1.807) is 0 Å². The van der Waals surface area contributed by atoms with Crippen LogP contribution in [0.5, 0.6) is 0 Å². The Bertz CT molecular complexity index is 502. The van der Waals surface area contributed by atoms with E-state index in [2.05, 4.69) is 6.07 Å². The van der Waals surface area contributed by atoms with Crippen LogP contribution < -0.4 is 11.5 Å². The van der Waals surface area contributed by atoms with Crippen LogP contribution in [-0.2, 0) is 11.3 Å². The Morgan fingerprint density at radius 2 is 1.95 bits per heavy atom. The van der Waals surface area contributed by atoms with Crippen molar-refractivity contribution < 1.29 is 4.79 Å². The number of anilines is 1. The number of nitrogen functional groups attached to an aromatic ring is 1. The Kier molecular flexibility index (Phi) is 6.19. The molecular weight excluding hydrogens is 264 g/mol. The molecule has 0 heterocycles. The van der Waals surface area contributed by atoms with Crippen molar-refractivity contribution in [3.63, 3.8) is 0 Å². The van der Waals surface area contributed by atoms with Gasteiger partial charge in [0.2, 0.25) is 5.91 Å². The molecule has 1 amide bonds. The smallest absolute Gasteiger partial charge is 0.231 e. The van der Waals surface area contributed by atoms with Crippen molar-refractivity contribution in [3.05, 3.63) is 29.8 Å². The number of nitrogens with two attached hydrogens (primary N) is 2. The molecule has 0 saturated carbocycles. The van der Waals surface area contributed by atoms with Gasteiger partial charge in [0.25, 0.3) is 0 Å². The third kappa shape index (κ3) is 6.77. The number of carbonyl (C=O) groups excluding carboxylic acids is 1. The second kappa shape index (κ2) is 7.65. The summed E-state index contributed by atoms with van der Waals surface area (Å²) in [7, 11) is 0. The highest BCUT2D eigenvalue weighted by Gasteiger charge is 2.17. The van der Waals surface area contributed by atoms with Crippen LogP contribution in [0.15, 0.2) is 24.3 Å². The SMILES string of the molecule is CC(C)(C#N)CCCN(CC(N)=O)Cc1ccc(N)cc1. The maximum Gasteiger partial charge on any atom is 0.231 e. The summed E-state index contributed by atoms with van der Waals surface area (Å²) in [5.74, 6) is -0.343. The van der Waals surface area contributed by atoms with E-state index < -0.39 is 0 Å². The van der Waals surface area contributed by atoms with E-state index >= 15 is 0 Å². The molecule has 0 aliphatic carbocycles. The Labute approximate surface area is 126 Å². The zero-order valence-corrected chi connectivity index (χ0v) is 12.8. The topological polar surface area (TPSA) is 96.1 Å². The van der Waals surface area contributed by atoms with Crippen molar-refractivity contribution in [2.75, 3.05) is 18.8 Å². The number of nitriles is 1. The van der Waals surface area contributed by atoms with Crippen LogP contribution >= 0.6 is 0 Å². The number of amides is 1. The Morgan fingerprint density at radius 1 is 1.33 bits per heavy atom. The van der Waals surface area contributed by atoms with Crippen molar-refractivity contribution in [1.29, 1.82) is 5.26 Å². The molecule has 0 aliphatic rings. The van der Waals surface area contributed by atoms with E-state index in [0.717, 1.165) is 30.6 Å². The Balaban J connectivity index is 2.57. The van der Waals surface area contributed by atoms with E-state index in [-0.39, 0.29) is 17.9 Å². The number of primary amides is 1. The molecule has 4 N–H and O–H groups in total. The van der Waals surface area contributed by atoms with Crippen LogP contribution in [0.2, 0.25) is 0 Å². The van der Waals surface area contributed by atoms with Gasteiger partial charge in [-0.3, -0.25) is 9.69 Å². The number of benzene rings is 1. The third-order valence-electron chi connectivity index (χ3n) is 3.34. The summed E-state index contributed by atoms with van der Waals surface area (Å²) in [5.41, 5.74) is 12.4. The molecule has 5 nitrogen and oxygen atoms in total. The lowest BCUT2D eigenvalue weighted by molar-refractivity contribution is -0.119. The minimum absolute atomic E-state index is 0.220. The van der Waals surface area contributed by atoms with Crippen LogP contribution in [0, 0.1) is 16.7 Å². The van der Waals surface area contributed by atoms with E-state index in [1.807, 2.05) is 43.0 Å². The van der Waals surface area contributed by atoms with E-state index in [1.165, 1.54) is 0 Å². The Hall–Kier alpha value is -2.06. The first-order valence-corrected chi connectivity index (χ1v) is 7.09. The summed E-state index contributed by atoms with van der Waals surface area (Å²) < 4.78 is 0. The van der Waals surface area contributed by atoms with Gasteiger partial charge in [0.15, 0.2) is 0 Å². The number of hydrogen-bond acceptors (Lipinski definition) is 4. The van der Waals surface area contributed by atoms with Crippen molar-refractivity contribution in [3.8, 4) is 6.07 Å². The molecular formula is C16H24N4O. The molecule has 1 aromatic carbocycles. The van der Waals surface area contributed by atoms with Crippen molar-refractivity contribution >= 4 is 11.6 Å². The van der Waals surface area contributed by atoms with Gasteiger partial charge in [-0.15, -0.1) is 0 Å². The van der Waals surface area contributed by atoms with Crippen LogP contribution in [0.1, 0.15) is 32.3 Å². The number of carbonyl (C=O) groups is 1. The van der Waals surface area contributed by atoms with E-state index in [0.29, 0.717) is 6.54 Å². The summed E-state index contributed by atoms with van der Waals surface area (Å²) in [6.45, 7) is 5.45. The molecule has 114 valence electrons. The quantitative estimate of drug-likeness (QED) is 0.714. The summed E-state index contributed by atoms with van der Waals surface area (Å²) in [6.07, 6.45) is 1.64. The molecule has 0 unspecified atom stereocenters. The molecule has 0 bridgehead atoms. The normalized spacial score (nSPS) is 11.3. The molecule has 0 spiro atoms. The number of nitrogens with zero attached hydrogens (tertiary/aromatic N) is 2. The van der Waals surface area contributed by atoms with Gasteiger partial charge in [-0.05, 0) is 50.9 Å². The van der Waals surface area contributed by atoms with E-state index in [4.69, 9.17) is 16.7 Å². The van der Waals surface area contributed by atoms with Gasteiger partial charge in [-0.25, -0.2) is 0 Å². The molecule has 5 heteroatoms. The first-order valence-electron chi connectivity index (χ1n) is 7.09. The number of rotatable bonds is 8. The first-order chi connectivity index (χ1) is 9.82. The monoisotopic (exact) mass is 288 g/mol. The highest BCUT2D eigenvalue weighted by atomic mass is 16.1. The molecule has 0 aliphatic heterocycles. The van der Waals surface area contributed by atoms with Gasteiger partial charge >= 0.3 is 0 Å². The van der Waals surface area contributed by atoms with Crippen molar-refractivity contribution in [2.24, 2.45) is 11.1 Å². The second-order valence-electron chi connectivity index (χ2n) is 6.02. The van der Waals surface area contributed by atoms with Crippen molar-refractivity contribution in [2.45, 2.75) is 33.2 Å².